The number of hydrogen-bond donors (Lipinski definition) is 1. The first-order chi connectivity index (χ1) is 15.4. The van der Waals surface area contributed by atoms with E-state index in [0.717, 1.165) is 59.7 Å². The number of fused-ring (bicyclic) bond motifs is 4. The molecule has 0 aromatic rings. The predicted molar refractivity (Wildman–Crippen MR) is 148 cm³/mol. The van der Waals surface area contributed by atoms with Gasteiger partial charge in [0, 0.05) is 11.2 Å². The maximum atomic E-state index is 8.91. The first-order valence-electron chi connectivity index (χ1n) is 13.5. The van der Waals surface area contributed by atoms with Crippen molar-refractivity contribution in [3.05, 3.63) is 24.3 Å². The maximum absolute atomic E-state index is 8.91. The van der Waals surface area contributed by atoms with Crippen molar-refractivity contribution in [1.82, 2.24) is 0 Å². The lowest BCUT2D eigenvalue weighted by molar-refractivity contribution is 0.180. The van der Waals surface area contributed by atoms with Crippen molar-refractivity contribution in [2.45, 2.75) is 100 Å². The zero-order valence-electron chi connectivity index (χ0n) is 22.9. The zero-order valence-corrected chi connectivity index (χ0v) is 23.7. The van der Waals surface area contributed by atoms with Gasteiger partial charge in [0.1, 0.15) is 0 Å². The van der Waals surface area contributed by atoms with Crippen molar-refractivity contribution in [3.63, 3.8) is 0 Å². The van der Waals surface area contributed by atoms with Crippen molar-refractivity contribution >= 4 is 12.0 Å². The van der Waals surface area contributed by atoms with Gasteiger partial charge < -0.3 is 4.55 Å². The van der Waals surface area contributed by atoms with Crippen molar-refractivity contribution < 1.29 is 4.55 Å². The summed E-state index contributed by atoms with van der Waals surface area (Å²) in [6, 6.07) is 0. The maximum Gasteiger partial charge on any atom is 0.0260 e. The Kier molecular flexibility index (Phi) is 10.3. The molecule has 4 bridgehead atoms. The second-order valence-electron chi connectivity index (χ2n) is 13.3. The number of rotatable bonds is 8. The summed E-state index contributed by atoms with van der Waals surface area (Å²) in [4.78, 5) is 0. The van der Waals surface area contributed by atoms with Gasteiger partial charge in [-0.2, -0.15) is 0 Å². The van der Waals surface area contributed by atoms with Crippen LogP contribution in [0.3, 0.4) is 0 Å². The minimum Gasteiger partial charge on any atom is -0.330 e. The van der Waals surface area contributed by atoms with Crippen LogP contribution in [0.5, 0.6) is 0 Å². The summed E-state index contributed by atoms with van der Waals surface area (Å²) in [5, 5.41) is 0. The molecule has 0 spiro atoms. The van der Waals surface area contributed by atoms with E-state index in [4.69, 9.17) is 11.0 Å². The molecule has 0 aromatic carbocycles. The molecular formula is C31H52OS. The van der Waals surface area contributed by atoms with Gasteiger partial charge >= 0.3 is 0 Å². The molecule has 2 fully saturated rings. The van der Waals surface area contributed by atoms with E-state index in [9.17, 15) is 0 Å². The fraction of sp³-hybridized carbons (Fsp3) is 0.806. The Hall–Kier alpha value is -0.650. The van der Waals surface area contributed by atoms with Gasteiger partial charge in [0.05, 0.1) is 0 Å². The van der Waals surface area contributed by atoms with Gasteiger partial charge in [-0.3, -0.25) is 0 Å². The third-order valence-electron chi connectivity index (χ3n) is 8.23. The predicted octanol–water partition coefficient (Wildman–Crippen LogP) is 9.51. The third kappa shape index (κ3) is 8.50. The van der Waals surface area contributed by atoms with Gasteiger partial charge in [0.2, 0.25) is 0 Å². The van der Waals surface area contributed by atoms with E-state index in [0.29, 0.717) is 10.8 Å². The average molecular weight is 473 g/mol. The lowest BCUT2D eigenvalue weighted by atomic mass is 9.69. The summed E-state index contributed by atoms with van der Waals surface area (Å²) in [6.07, 6.45) is 24.7. The largest absolute Gasteiger partial charge is 0.330 e. The van der Waals surface area contributed by atoms with Crippen LogP contribution in [0.15, 0.2) is 24.3 Å². The third-order valence-corrected chi connectivity index (χ3v) is 9.14. The van der Waals surface area contributed by atoms with Crippen molar-refractivity contribution in [2.75, 3.05) is 5.75 Å². The number of terminal acetylenes is 1. The number of hydrogen-bond acceptors (Lipinski definition) is 2. The molecule has 4 rings (SSSR count). The van der Waals surface area contributed by atoms with Crippen molar-refractivity contribution in [2.24, 2.45) is 51.8 Å². The standard InChI is InChI=1S/C17H26.C12H20OS.C2H6/c1-6-16(2,3)12-17(4,5)11-15-10-13-7-8-14(15)9-13;1-12(2,8-14-13)7-11-6-9-3-4-10(11)5-9;1-2/h1,7-8,13-15H,9-12H2,2-5H3;3-4,9-11,13H,5-8H2,1-2H3;1-2H3. The molecule has 0 amide bonds. The summed E-state index contributed by atoms with van der Waals surface area (Å²) in [5.41, 5.74) is 0.707. The van der Waals surface area contributed by atoms with E-state index in [1.165, 1.54) is 38.5 Å². The molecule has 4 aliphatic carbocycles. The lowest BCUT2D eigenvalue weighted by Crippen LogP contribution is -2.26. The SMILES string of the molecule is C#CC(C)(C)CC(C)(C)CC1CC2C=CC1C2.CC.CC(C)(CSO)CC1CC2C=CC1C2. The molecule has 188 valence electrons. The van der Waals surface area contributed by atoms with E-state index < -0.39 is 0 Å². The van der Waals surface area contributed by atoms with E-state index in [2.05, 4.69) is 71.8 Å². The molecule has 6 unspecified atom stereocenters. The summed E-state index contributed by atoms with van der Waals surface area (Å²) >= 11 is 0.994. The molecule has 0 aliphatic heterocycles. The molecule has 0 radical (unpaired) electrons. The minimum atomic E-state index is 0.0386. The highest BCUT2D eigenvalue weighted by Gasteiger charge is 2.40. The molecule has 2 saturated carbocycles. The second kappa shape index (κ2) is 11.9. The molecule has 4 aliphatic rings. The van der Waals surface area contributed by atoms with Crippen LogP contribution in [-0.4, -0.2) is 10.3 Å². The Morgan fingerprint density at radius 3 is 1.58 bits per heavy atom. The molecule has 2 heteroatoms. The van der Waals surface area contributed by atoms with E-state index in [-0.39, 0.29) is 5.41 Å². The van der Waals surface area contributed by atoms with Crippen LogP contribution in [0.2, 0.25) is 0 Å². The Labute approximate surface area is 210 Å². The second-order valence-corrected chi connectivity index (χ2v) is 13.8. The molecule has 0 aromatic heterocycles. The average Bonchev–Trinajstić information content (AvgIpc) is 3.50. The minimum absolute atomic E-state index is 0.0386. The summed E-state index contributed by atoms with van der Waals surface area (Å²) in [6.45, 7) is 17.7. The van der Waals surface area contributed by atoms with Gasteiger partial charge in [-0.15, -0.1) is 12.3 Å². The van der Waals surface area contributed by atoms with Gasteiger partial charge in [-0.05, 0) is 117 Å². The van der Waals surface area contributed by atoms with Crippen LogP contribution in [0.4, 0.5) is 0 Å². The van der Waals surface area contributed by atoms with Crippen LogP contribution >= 0.6 is 12.0 Å². The van der Waals surface area contributed by atoms with Gasteiger partial charge in [-0.1, -0.05) is 65.8 Å². The first kappa shape index (κ1) is 28.6. The van der Waals surface area contributed by atoms with E-state index in [1.807, 2.05) is 13.8 Å². The van der Waals surface area contributed by atoms with Crippen LogP contribution in [-0.2, 0) is 0 Å². The van der Waals surface area contributed by atoms with Crippen LogP contribution < -0.4 is 0 Å². The van der Waals surface area contributed by atoms with Crippen molar-refractivity contribution in [3.8, 4) is 12.3 Å². The van der Waals surface area contributed by atoms with Gasteiger partial charge in [0.25, 0.3) is 0 Å². The molecular weight excluding hydrogens is 420 g/mol. The molecule has 0 saturated heterocycles. The molecule has 6 atom stereocenters. The zero-order chi connectivity index (χ0) is 24.9. The Bertz CT molecular complexity index is 707. The van der Waals surface area contributed by atoms with Gasteiger partial charge in [0.15, 0.2) is 0 Å². The summed E-state index contributed by atoms with van der Waals surface area (Å²) in [7, 11) is 0. The monoisotopic (exact) mass is 472 g/mol. The summed E-state index contributed by atoms with van der Waals surface area (Å²) in [5.74, 6) is 9.09. The number of allylic oxidation sites excluding steroid dienone is 4. The van der Waals surface area contributed by atoms with E-state index >= 15 is 0 Å². The van der Waals surface area contributed by atoms with Crippen LogP contribution in [0.25, 0.3) is 0 Å². The van der Waals surface area contributed by atoms with Crippen molar-refractivity contribution in [1.29, 1.82) is 0 Å². The molecule has 0 heterocycles. The topological polar surface area (TPSA) is 20.2 Å². The van der Waals surface area contributed by atoms with Crippen LogP contribution in [0.1, 0.15) is 100 Å². The highest BCUT2D eigenvalue weighted by molar-refractivity contribution is 7.93. The normalized spacial score (nSPS) is 31.6. The highest BCUT2D eigenvalue weighted by Crippen LogP contribution is 2.50. The quantitative estimate of drug-likeness (QED) is 0.215. The Balaban J connectivity index is 0.000000221. The molecule has 1 nitrogen and oxygen atoms in total. The fourth-order valence-electron chi connectivity index (χ4n) is 7.23. The molecule has 1 N–H and O–H groups in total. The Morgan fingerprint density at radius 2 is 1.24 bits per heavy atom. The Morgan fingerprint density at radius 1 is 0.788 bits per heavy atom. The smallest absolute Gasteiger partial charge is 0.0260 e. The van der Waals surface area contributed by atoms with Crippen LogP contribution in [0, 0.1) is 64.1 Å². The summed E-state index contributed by atoms with van der Waals surface area (Å²) < 4.78 is 8.91. The van der Waals surface area contributed by atoms with Gasteiger partial charge in [-0.25, -0.2) is 0 Å². The fourth-order valence-corrected chi connectivity index (χ4v) is 7.70. The van der Waals surface area contributed by atoms with E-state index in [1.54, 1.807) is 0 Å². The highest BCUT2D eigenvalue weighted by atomic mass is 32.2. The lowest BCUT2D eigenvalue weighted by Gasteiger charge is -2.35. The first-order valence-corrected chi connectivity index (χ1v) is 14.5. The molecule has 33 heavy (non-hydrogen) atoms.